The minimum absolute atomic E-state index is 0.0433. The fourth-order valence-electron chi connectivity index (χ4n) is 1.89. The van der Waals surface area contributed by atoms with Crippen LogP contribution in [0.15, 0.2) is 12.4 Å². The molecule has 2 aromatic heterocycles. The van der Waals surface area contributed by atoms with Gasteiger partial charge in [0.1, 0.15) is 18.0 Å². The molecule has 102 valence electrons. The second-order valence-corrected chi connectivity index (χ2v) is 5.07. The van der Waals surface area contributed by atoms with Crippen LogP contribution in [0.25, 0.3) is 0 Å². The lowest BCUT2D eigenvalue weighted by atomic mass is 10.2. The Morgan fingerprint density at radius 2 is 1.95 bits per heavy atom. The Balaban J connectivity index is 2.21. The quantitative estimate of drug-likeness (QED) is 0.912. The average molecular weight is 260 g/mol. The van der Waals surface area contributed by atoms with E-state index in [2.05, 4.69) is 39.3 Å². The SMILES string of the molecule is Cc1cc(NC(C)c2nncn2C)nc(C(C)C)n1. The largest absolute Gasteiger partial charge is 0.360 e. The Kier molecular flexibility index (Phi) is 3.78. The summed E-state index contributed by atoms with van der Waals surface area (Å²) in [7, 11) is 1.93. The second kappa shape index (κ2) is 5.34. The van der Waals surface area contributed by atoms with E-state index in [4.69, 9.17) is 0 Å². The molecule has 0 spiro atoms. The summed E-state index contributed by atoms with van der Waals surface area (Å²) in [5.74, 6) is 2.87. The molecule has 0 aromatic carbocycles. The number of nitrogens with one attached hydrogen (secondary N) is 1. The lowest BCUT2D eigenvalue weighted by Gasteiger charge is -2.15. The molecule has 6 nitrogen and oxygen atoms in total. The van der Waals surface area contributed by atoms with Crippen LogP contribution in [0.5, 0.6) is 0 Å². The van der Waals surface area contributed by atoms with Crippen molar-refractivity contribution in [3.05, 3.63) is 29.7 Å². The molecule has 2 aromatic rings. The van der Waals surface area contributed by atoms with E-state index in [1.807, 2.05) is 31.5 Å². The minimum atomic E-state index is 0.0433. The van der Waals surface area contributed by atoms with Crippen molar-refractivity contribution in [1.29, 1.82) is 0 Å². The number of hydrogen-bond donors (Lipinski definition) is 1. The highest BCUT2D eigenvalue weighted by Gasteiger charge is 2.13. The van der Waals surface area contributed by atoms with Gasteiger partial charge in [0.25, 0.3) is 0 Å². The van der Waals surface area contributed by atoms with Gasteiger partial charge in [-0.2, -0.15) is 0 Å². The first kappa shape index (κ1) is 13.5. The number of hydrogen-bond acceptors (Lipinski definition) is 5. The highest BCUT2D eigenvalue weighted by Crippen LogP contribution is 2.18. The first-order chi connectivity index (χ1) is 8.97. The van der Waals surface area contributed by atoms with Crippen LogP contribution < -0.4 is 5.32 Å². The minimum Gasteiger partial charge on any atom is -0.360 e. The van der Waals surface area contributed by atoms with E-state index in [0.717, 1.165) is 23.2 Å². The number of aryl methyl sites for hydroxylation is 2. The van der Waals surface area contributed by atoms with Gasteiger partial charge in [0, 0.05) is 24.7 Å². The molecule has 0 saturated heterocycles. The Bertz CT molecular complexity index is 560. The summed E-state index contributed by atoms with van der Waals surface area (Å²) in [4.78, 5) is 8.97. The van der Waals surface area contributed by atoms with Crippen molar-refractivity contribution in [3.63, 3.8) is 0 Å². The molecule has 0 saturated carbocycles. The van der Waals surface area contributed by atoms with Gasteiger partial charge in [0.05, 0.1) is 6.04 Å². The van der Waals surface area contributed by atoms with Crippen LogP contribution in [0, 0.1) is 6.92 Å². The molecule has 0 aliphatic carbocycles. The fourth-order valence-corrected chi connectivity index (χ4v) is 1.89. The molecule has 0 radical (unpaired) electrons. The molecule has 0 fully saturated rings. The highest BCUT2D eigenvalue weighted by molar-refractivity contribution is 5.38. The van der Waals surface area contributed by atoms with E-state index >= 15 is 0 Å². The third kappa shape index (κ3) is 3.07. The fraction of sp³-hybridized carbons (Fsp3) is 0.538. The van der Waals surface area contributed by atoms with Crippen molar-refractivity contribution in [2.24, 2.45) is 7.05 Å². The van der Waals surface area contributed by atoms with Gasteiger partial charge in [-0.1, -0.05) is 13.8 Å². The van der Waals surface area contributed by atoms with Crippen molar-refractivity contribution < 1.29 is 0 Å². The van der Waals surface area contributed by atoms with Crippen LogP contribution in [0.1, 0.15) is 50.1 Å². The maximum absolute atomic E-state index is 4.53. The molecule has 2 heterocycles. The van der Waals surface area contributed by atoms with Gasteiger partial charge < -0.3 is 9.88 Å². The Morgan fingerprint density at radius 1 is 1.21 bits per heavy atom. The summed E-state index contributed by atoms with van der Waals surface area (Å²) in [6.45, 7) is 8.19. The molecule has 1 N–H and O–H groups in total. The first-order valence-electron chi connectivity index (χ1n) is 6.43. The molecular formula is C13H20N6. The number of nitrogens with zero attached hydrogens (tertiary/aromatic N) is 5. The second-order valence-electron chi connectivity index (χ2n) is 5.07. The number of rotatable bonds is 4. The van der Waals surface area contributed by atoms with E-state index in [9.17, 15) is 0 Å². The number of anilines is 1. The zero-order valence-electron chi connectivity index (χ0n) is 12.0. The Hall–Kier alpha value is -1.98. The summed E-state index contributed by atoms with van der Waals surface area (Å²) in [6, 6.07) is 1.99. The summed E-state index contributed by atoms with van der Waals surface area (Å²) < 4.78 is 1.90. The standard InChI is InChI=1S/C13H20N6/c1-8(2)12-15-9(3)6-11(17-12)16-10(4)13-18-14-7-19(13)5/h6-8,10H,1-5H3,(H,15,16,17). The van der Waals surface area contributed by atoms with Crippen LogP contribution in [0.3, 0.4) is 0 Å². The molecule has 19 heavy (non-hydrogen) atoms. The van der Waals surface area contributed by atoms with E-state index in [-0.39, 0.29) is 6.04 Å². The van der Waals surface area contributed by atoms with Gasteiger partial charge in [-0.05, 0) is 13.8 Å². The number of aromatic nitrogens is 5. The molecule has 0 amide bonds. The zero-order chi connectivity index (χ0) is 14.0. The molecule has 2 rings (SSSR count). The summed E-state index contributed by atoms with van der Waals surface area (Å²) in [5, 5.41) is 11.3. The van der Waals surface area contributed by atoms with Crippen LogP contribution >= 0.6 is 0 Å². The van der Waals surface area contributed by atoms with Crippen molar-refractivity contribution in [3.8, 4) is 0 Å². The lowest BCUT2D eigenvalue weighted by molar-refractivity contribution is 0.709. The van der Waals surface area contributed by atoms with E-state index < -0.39 is 0 Å². The van der Waals surface area contributed by atoms with Crippen LogP contribution in [-0.2, 0) is 7.05 Å². The van der Waals surface area contributed by atoms with Crippen LogP contribution in [0.4, 0.5) is 5.82 Å². The van der Waals surface area contributed by atoms with Crippen molar-refractivity contribution in [2.45, 2.75) is 39.7 Å². The van der Waals surface area contributed by atoms with Crippen LogP contribution in [0.2, 0.25) is 0 Å². The predicted molar refractivity (Wildman–Crippen MR) is 73.9 cm³/mol. The van der Waals surface area contributed by atoms with Crippen molar-refractivity contribution >= 4 is 5.82 Å². The van der Waals surface area contributed by atoms with Gasteiger partial charge in [0.2, 0.25) is 0 Å². The summed E-state index contributed by atoms with van der Waals surface area (Å²) in [5.41, 5.74) is 0.964. The Morgan fingerprint density at radius 3 is 2.53 bits per heavy atom. The molecule has 0 aliphatic rings. The first-order valence-corrected chi connectivity index (χ1v) is 6.43. The van der Waals surface area contributed by atoms with Gasteiger partial charge in [-0.15, -0.1) is 10.2 Å². The van der Waals surface area contributed by atoms with E-state index in [1.54, 1.807) is 6.33 Å². The van der Waals surface area contributed by atoms with Crippen molar-refractivity contribution in [2.75, 3.05) is 5.32 Å². The van der Waals surface area contributed by atoms with Gasteiger partial charge in [-0.25, -0.2) is 9.97 Å². The normalized spacial score (nSPS) is 12.7. The van der Waals surface area contributed by atoms with Gasteiger partial charge in [0.15, 0.2) is 5.82 Å². The summed E-state index contributed by atoms with van der Waals surface area (Å²) >= 11 is 0. The molecule has 6 heteroatoms. The topological polar surface area (TPSA) is 68.5 Å². The maximum atomic E-state index is 4.53. The molecule has 0 aliphatic heterocycles. The van der Waals surface area contributed by atoms with Crippen molar-refractivity contribution in [1.82, 2.24) is 24.7 Å². The van der Waals surface area contributed by atoms with Gasteiger partial charge in [-0.3, -0.25) is 0 Å². The molecular weight excluding hydrogens is 240 g/mol. The average Bonchev–Trinajstić information content (AvgIpc) is 2.74. The zero-order valence-corrected chi connectivity index (χ0v) is 12.0. The molecule has 1 unspecified atom stereocenters. The van der Waals surface area contributed by atoms with E-state index in [1.165, 1.54) is 0 Å². The van der Waals surface area contributed by atoms with E-state index in [0.29, 0.717) is 5.92 Å². The Labute approximate surface area is 113 Å². The molecule has 0 bridgehead atoms. The lowest BCUT2D eigenvalue weighted by Crippen LogP contribution is -2.14. The maximum Gasteiger partial charge on any atom is 0.154 e. The predicted octanol–water partition coefficient (Wildman–Crippen LogP) is 2.21. The third-order valence-electron chi connectivity index (χ3n) is 2.89. The molecule has 1 atom stereocenters. The third-order valence-corrected chi connectivity index (χ3v) is 2.89. The smallest absolute Gasteiger partial charge is 0.154 e. The highest BCUT2D eigenvalue weighted by atomic mass is 15.3. The monoisotopic (exact) mass is 260 g/mol. The van der Waals surface area contributed by atoms with Gasteiger partial charge >= 0.3 is 0 Å². The summed E-state index contributed by atoms with van der Waals surface area (Å²) in [6.07, 6.45) is 1.69. The van der Waals surface area contributed by atoms with Crippen LogP contribution in [-0.4, -0.2) is 24.7 Å².